The van der Waals surface area contributed by atoms with E-state index in [1.807, 2.05) is 0 Å². The Morgan fingerprint density at radius 3 is 1.42 bits per heavy atom. The van der Waals surface area contributed by atoms with Gasteiger partial charge >= 0.3 is 11.9 Å². The van der Waals surface area contributed by atoms with Gasteiger partial charge in [0.15, 0.2) is 11.6 Å². The normalized spacial score (nSPS) is 49.4. The van der Waals surface area contributed by atoms with Crippen molar-refractivity contribution in [2.75, 3.05) is 0 Å². The predicted octanol–water partition coefficient (Wildman–Crippen LogP) is 6.37. The van der Waals surface area contributed by atoms with Crippen LogP contribution in [0.5, 0.6) is 0 Å². The Balaban J connectivity index is 0.970. The number of aliphatic hydroxyl groups is 2. The molecule has 0 spiro atoms. The Morgan fingerprint density at radius 2 is 1.02 bits per heavy atom. The number of ether oxygens (including phenoxy) is 2. The molecule has 0 aromatic heterocycles. The van der Waals surface area contributed by atoms with Crippen molar-refractivity contribution in [1.29, 1.82) is 0 Å². The van der Waals surface area contributed by atoms with Gasteiger partial charge in [0.05, 0.1) is 12.2 Å². The van der Waals surface area contributed by atoms with E-state index in [-0.39, 0.29) is 59.3 Å². The van der Waals surface area contributed by atoms with E-state index in [0.717, 1.165) is 100 Å². The second-order valence-corrected chi connectivity index (χ2v) is 18.5. The van der Waals surface area contributed by atoms with Crippen molar-refractivity contribution in [3.8, 4) is 0 Å². The lowest BCUT2D eigenvalue weighted by Gasteiger charge is -2.59. The van der Waals surface area contributed by atoms with E-state index < -0.39 is 35.0 Å². The number of fused-ring (bicyclic) bond motifs is 10. The van der Waals surface area contributed by atoms with Crippen LogP contribution in [-0.2, 0) is 28.7 Å². The number of carbonyl (C=O) groups is 4. The first-order valence-corrected chi connectivity index (χ1v) is 19.6. The van der Waals surface area contributed by atoms with Crippen LogP contribution in [0, 0.1) is 57.2 Å². The summed E-state index contributed by atoms with van der Waals surface area (Å²) in [6, 6.07) is 0. The summed E-state index contributed by atoms with van der Waals surface area (Å²) in [5.41, 5.74) is 1.03. The zero-order valence-electron chi connectivity index (χ0n) is 30.3. The summed E-state index contributed by atoms with van der Waals surface area (Å²) in [6.45, 7) is 8.80. The van der Waals surface area contributed by atoms with Crippen LogP contribution in [0.3, 0.4) is 0 Å². The van der Waals surface area contributed by atoms with Crippen LogP contribution in [0.4, 0.5) is 0 Å². The minimum absolute atomic E-state index is 0.0333. The van der Waals surface area contributed by atoms with Crippen molar-refractivity contribution in [3.63, 3.8) is 0 Å². The van der Waals surface area contributed by atoms with E-state index in [9.17, 15) is 29.4 Å². The molecule has 2 N–H and O–H groups in total. The molecule has 8 aliphatic rings. The Morgan fingerprint density at radius 1 is 0.620 bits per heavy atom. The van der Waals surface area contributed by atoms with Gasteiger partial charge in [0.2, 0.25) is 0 Å². The van der Waals surface area contributed by atoms with Gasteiger partial charge in [-0.05, 0) is 136 Å². The number of esters is 2. The number of hydrogen-bond acceptors (Lipinski definition) is 8. The lowest BCUT2D eigenvalue weighted by molar-refractivity contribution is -0.164. The molecule has 0 aromatic rings. The summed E-state index contributed by atoms with van der Waals surface area (Å²) in [5, 5.41) is 21.7. The molecule has 8 rings (SSSR count). The lowest BCUT2D eigenvalue weighted by Crippen LogP contribution is -2.56. The summed E-state index contributed by atoms with van der Waals surface area (Å²) < 4.78 is 12.2. The van der Waals surface area contributed by atoms with E-state index in [4.69, 9.17) is 9.47 Å². The molecule has 6 saturated carbocycles. The minimum atomic E-state index is -0.670. The molecule has 6 fully saturated rings. The van der Waals surface area contributed by atoms with E-state index in [1.54, 1.807) is 12.2 Å². The smallest absolute Gasteiger partial charge is 0.331 e. The molecule has 0 saturated heterocycles. The summed E-state index contributed by atoms with van der Waals surface area (Å²) in [7, 11) is 0. The maximum absolute atomic E-state index is 13.4. The summed E-state index contributed by atoms with van der Waals surface area (Å²) >= 11 is 0. The Bertz CT molecular complexity index is 1460. The highest BCUT2D eigenvalue weighted by Crippen LogP contribution is 2.67. The van der Waals surface area contributed by atoms with Crippen molar-refractivity contribution in [2.24, 2.45) is 57.2 Å². The second-order valence-electron chi connectivity index (χ2n) is 18.5. The average Bonchev–Trinajstić information content (AvgIpc) is 3.55. The molecule has 0 heterocycles. The first-order chi connectivity index (χ1) is 23.7. The van der Waals surface area contributed by atoms with Crippen LogP contribution in [0.15, 0.2) is 35.5 Å². The number of aliphatic hydroxyl groups excluding tert-OH is 2. The van der Waals surface area contributed by atoms with Crippen molar-refractivity contribution in [2.45, 2.75) is 142 Å². The van der Waals surface area contributed by atoms with Crippen LogP contribution in [0.2, 0.25) is 0 Å². The molecular weight excluding hydrogens is 632 g/mol. The topological polar surface area (TPSA) is 127 Å². The quantitative estimate of drug-likeness (QED) is 0.258. The van der Waals surface area contributed by atoms with Crippen LogP contribution in [-0.4, -0.2) is 58.1 Å². The first-order valence-electron chi connectivity index (χ1n) is 19.6. The highest BCUT2D eigenvalue weighted by Gasteiger charge is 2.63. The van der Waals surface area contributed by atoms with Gasteiger partial charge in [0, 0.05) is 35.8 Å². The van der Waals surface area contributed by atoms with Crippen molar-refractivity contribution in [1.82, 2.24) is 0 Å². The SMILES string of the molecule is C[C@]12CC[C@H]3[C@@H](CCC4=CC(=O)CC(OC(=O)/C=C\C(=O)OC5CC(=O)C=C6CC[C@H]7[C@@H]8CC[C@H](O)[C@@]8(C)CC[C@@H]7[C@]65C)[C@@]43C)[C@@H]1CC[C@@H]2O. The van der Waals surface area contributed by atoms with Gasteiger partial charge in [-0.1, -0.05) is 38.8 Å². The molecule has 0 amide bonds. The lowest BCUT2D eigenvalue weighted by atomic mass is 9.46. The van der Waals surface area contributed by atoms with Crippen molar-refractivity contribution < 1.29 is 38.9 Å². The van der Waals surface area contributed by atoms with Gasteiger partial charge in [-0.3, -0.25) is 9.59 Å². The van der Waals surface area contributed by atoms with Crippen LogP contribution >= 0.6 is 0 Å². The fraction of sp³-hybridized carbons (Fsp3) is 0.762. The first kappa shape index (κ1) is 34.5. The second kappa shape index (κ2) is 12.0. The zero-order valence-corrected chi connectivity index (χ0v) is 30.3. The van der Waals surface area contributed by atoms with Gasteiger partial charge in [0.1, 0.15) is 12.2 Å². The standard InChI is InChI=1S/C42H56O8/c1-39-17-15-31-27(29(39)9-11-33(39)45)7-5-23-19-25(43)21-35(41(23,31)3)49-37(47)13-14-38(48)50-36-22-26(44)20-24-6-8-28-30-10-12-34(46)40(30,2)18-16-32(28)42(24,36)4/h13-14,19-20,27-36,45-46H,5-12,15-18,21-22H2,1-4H3/b14-13-/t27-,28-,29-,30-,31-,32-,33-,34-,35?,36?,39-,40-,41-,42-/m0/s1. The monoisotopic (exact) mass is 688 g/mol. The minimum Gasteiger partial charge on any atom is -0.458 e. The molecule has 0 aromatic carbocycles. The van der Waals surface area contributed by atoms with E-state index in [0.29, 0.717) is 23.7 Å². The predicted molar refractivity (Wildman–Crippen MR) is 185 cm³/mol. The average molecular weight is 689 g/mol. The van der Waals surface area contributed by atoms with E-state index >= 15 is 0 Å². The molecule has 8 heteroatoms. The molecule has 50 heavy (non-hydrogen) atoms. The van der Waals surface area contributed by atoms with Crippen LogP contribution < -0.4 is 0 Å². The molecule has 0 bridgehead atoms. The maximum atomic E-state index is 13.4. The number of hydrogen-bond donors (Lipinski definition) is 2. The molecule has 14 atom stereocenters. The molecule has 272 valence electrons. The number of carbonyl (C=O) groups excluding carboxylic acids is 4. The molecule has 8 aliphatic carbocycles. The highest BCUT2D eigenvalue weighted by molar-refractivity contribution is 5.95. The molecular formula is C42H56O8. The summed E-state index contributed by atoms with van der Waals surface area (Å²) in [4.78, 5) is 52.6. The van der Waals surface area contributed by atoms with Crippen LogP contribution in [0.25, 0.3) is 0 Å². The Hall–Kier alpha value is -2.58. The number of ketones is 2. The highest BCUT2D eigenvalue weighted by atomic mass is 16.6. The maximum Gasteiger partial charge on any atom is 0.331 e. The molecule has 0 aliphatic heterocycles. The molecule has 8 nitrogen and oxygen atoms in total. The van der Waals surface area contributed by atoms with Gasteiger partial charge in [-0.25, -0.2) is 9.59 Å². The van der Waals surface area contributed by atoms with Crippen molar-refractivity contribution >= 4 is 23.5 Å². The molecule has 0 radical (unpaired) electrons. The zero-order chi connectivity index (χ0) is 35.4. The fourth-order valence-corrected chi connectivity index (χ4v) is 13.9. The fourth-order valence-electron chi connectivity index (χ4n) is 13.9. The van der Waals surface area contributed by atoms with E-state index in [1.165, 1.54) is 0 Å². The third kappa shape index (κ3) is 4.96. The van der Waals surface area contributed by atoms with Gasteiger partial charge in [0.25, 0.3) is 0 Å². The number of rotatable bonds is 4. The Kier molecular flexibility index (Phi) is 8.26. The largest absolute Gasteiger partial charge is 0.458 e. The third-order valence-corrected chi connectivity index (χ3v) is 16.8. The van der Waals surface area contributed by atoms with Gasteiger partial charge in [-0.15, -0.1) is 0 Å². The third-order valence-electron chi connectivity index (χ3n) is 16.8. The Labute approximate surface area is 296 Å². The van der Waals surface area contributed by atoms with Crippen molar-refractivity contribution in [3.05, 3.63) is 35.5 Å². The van der Waals surface area contributed by atoms with Gasteiger partial charge < -0.3 is 19.7 Å². The van der Waals surface area contributed by atoms with Crippen LogP contribution in [0.1, 0.15) is 118 Å². The molecule has 2 unspecified atom stereocenters. The summed E-state index contributed by atoms with van der Waals surface area (Å²) in [5.74, 6) is 0.750. The van der Waals surface area contributed by atoms with Gasteiger partial charge in [-0.2, -0.15) is 0 Å². The summed E-state index contributed by atoms with van der Waals surface area (Å²) in [6.07, 6.45) is 15.2. The van der Waals surface area contributed by atoms with E-state index in [2.05, 4.69) is 27.7 Å².